The average Bonchev–Trinajstić information content (AvgIpc) is 3.02. The van der Waals surface area contributed by atoms with Gasteiger partial charge < -0.3 is 15.0 Å². The van der Waals surface area contributed by atoms with Crippen molar-refractivity contribution in [3.8, 4) is 0 Å². The number of aryl methyl sites for hydroxylation is 1. The molecule has 2 rings (SSSR count). The number of nitrogens with zero attached hydrogens (tertiary/aromatic N) is 2. The van der Waals surface area contributed by atoms with Gasteiger partial charge in [0.15, 0.2) is 5.82 Å². The maximum atomic E-state index is 5.56. The molecule has 2 N–H and O–H groups in total. The van der Waals surface area contributed by atoms with Crippen LogP contribution in [0.15, 0.2) is 4.52 Å². The maximum Gasteiger partial charge on any atom is 0.226 e. The Kier molecular flexibility index (Phi) is 5.61. The van der Waals surface area contributed by atoms with Crippen LogP contribution in [0.1, 0.15) is 50.2 Å². The van der Waals surface area contributed by atoms with Crippen LogP contribution < -0.4 is 5.73 Å². The van der Waals surface area contributed by atoms with Gasteiger partial charge in [-0.15, -0.1) is 0 Å². The summed E-state index contributed by atoms with van der Waals surface area (Å²) in [6, 6.07) is 0. The molecule has 1 fully saturated rings. The van der Waals surface area contributed by atoms with E-state index >= 15 is 0 Å². The van der Waals surface area contributed by atoms with Crippen LogP contribution in [0.2, 0.25) is 0 Å². The molecule has 0 amide bonds. The van der Waals surface area contributed by atoms with E-state index in [4.69, 9.17) is 15.0 Å². The summed E-state index contributed by atoms with van der Waals surface area (Å²) in [5.74, 6) is 1.55. The molecule has 1 unspecified atom stereocenters. The van der Waals surface area contributed by atoms with Crippen molar-refractivity contribution in [2.75, 3.05) is 13.2 Å². The molecule has 0 aromatic carbocycles. The Morgan fingerprint density at radius 2 is 2.11 bits per heavy atom. The van der Waals surface area contributed by atoms with Crippen LogP contribution in [0.25, 0.3) is 0 Å². The van der Waals surface area contributed by atoms with Crippen molar-refractivity contribution in [2.45, 2.75) is 57.5 Å². The summed E-state index contributed by atoms with van der Waals surface area (Å²) in [5.41, 5.74) is 5.45. The van der Waals surface area contributed by atoms with Gasteiger partial charge in [0, 0.05) is 19.4 Å². The number of unbranched alkanes of at least 4 members (excludes halogenated alkanes) is 3. The smallest absolute Gasteiger partial charge is 0.226 e. The lowest BCUT2D eigenvalue weighted by atomic mass is 10.1. The highest BCUT2D eigenvalue weighted by Crippen LogP contribution is 2.16. The Bertz CT molecular complexity index is 335. The first-order valence-electron chi connectivity index (χ1n) is 7.01. The number of hydrogen-bond donors (Lipinski definition) is 1. The third-order valence-electron chi connectivity index (χ3n) is 3.29. The molecule has 0 radical (unpaired) electrons. The maximum absolute atomic E-state index is 5.56. The normalized spacial score (nSPS) is 19.5. The van der Waals surface area contributed by atoms with E-state index in [-0.39, 0.29) is 0 Å². The summed E-state index contributed by atoms with van der Waals surface area (Å²) in [4.78, 5) is 4.41. The van der Waals surface area contributed by atoms with Crippen molar-refractivity contribution in [3.63, 3.8) is 0 Å². The summed E-state index contributed by atoms with van der Waals surface area (Å²) < 4.78 is 10.8. The predicted octanol–water partition coefficient (Wildman–Crippen LogP) is 1.85. The molecule has 1 aromatic rings. The summed E-state index contributed by atoms with van der Waals surface area (Å²) in [7, 11) is 0. The molecule has 0 bridgehead atoms. The number of aromatic nitrogens is 2. The molecule has 18 heavy (non-hydrogen) atoms. The van der Waals surface area contributed by atoms with Gasteiger partial charge in [0.1, 0.15) is 0 Å². The van der Waals surface area contributed by atoms with Crippen LogP contribution in [0, 0.1) is 0 Å². The SMILES string of the molecule is NCCCCCCc1nc(CC2CCCO2)no1. The van der Waals surface area contributed by atoms with E-state index < -0.39 is 0 Å². The van der Waals surface area contributed by atoms with Gasteiger partial charge in [0.2, 0.25) is 5.89 Å². The lowest BCUT2D eigenvalue weighted by Gasteiger charge is -2.03. The minimum absolute atomic E-state index is 0.292. The molecular weight excluding hydrogens is 230 g/mol. The van der Waals surface area contributed by atoms with Crippen LogP contribution in [0.5, 0.6) is 0 Å². The van der Waals surface area contributed by atoms with Gasteiger partial charge in [-0.1, -0.05) is 18.0 Å². The third-order valence-corrected chi connectivity index (χ3v) is 3.29. The molecule has 0 aliphatic carbocycles. The molecule has 102 valence electrons. The second kappa shape index (κ2) is 7.48. The molecule has 2 heterocycles. The first kappa shape index (κ1) is 13.5. The largest absolute Gasteiger partial charge is 0.378 e. The second-order valence-electron chi connectivity index (χ2n) is 4.90. The van der Waals surface area contributed by atoms with Gasteiger partial charge in [-0.05, 0) is 32.2 Å². The van der Waals surface area contributed by atoms with Crippen molar-refractivity contribution in [1.29, 1.82) is 0 Å². The zero-order valence-electron chi connectivity index (χ0n) is 10.9. The first-order valence-corrected chi connectivity index (χ1v) is 7.01. The zero-order chi connectivity index (χ0) is 12.6. The monoisotopic (exact) mass is 253 g/mol. The molecule has 5 nitrogen and oxygen atoms in total. The number of rotatable bonds is 8. The Hall–Kier alpha value is -0.940. The fraction of sp³-hybridized carbons (Fsp3) is 0.846. The van der Waals surface area contributed by atoms with E-state index in [2.05, 4.69) is 10.1 Å². The van der Waals surface area contributed by atoms with Crippen molar-refractivity contribution in [1.82, 2.24) is 10.1 Å². The van der Waals surface area contributed by atoms with Crippen LogP contribution in [-0.4, -0.2) is 29.4 Å². The fourth-order valence-corrected chi connectivity index (χ4v) is 2.26. The summed E-state index contributed by atoms with van der Waals surface area (Å²) in [5, 5.41) is 4.01. The van der Waals surface area contributed by atoms with Crippen LogP contribution in [0.4, 0.5) is 0 Å². The highest BCUT2D eigenvalue weighted by Gasteiger charge is 2.18. The van der Waals surface area contributed by atoms with Gasteiger partial charge in [-0.25, -0.2) is 0 Å². The van der Waals surface area contributed by atoms with Crippen molar-refractivity contribution < 1.29 is 9.26 Å². The van der Waals surface area contributed by atoms with Crippen molar-refractivity contribution in [3.05, 3.63) is 11.7 Å². The standard InChI is InChI=1S/C13H23N3O2/c14-8-4-2-1-3-7-13-15-12(16-18-13)10-11-6-5-9-17-11/h11H,1-10,14H2. The summed E-state index contributed by atoms with van der Waals surface area (Å²) in [6.07, 6.45) is 8.79. The highest BCUT2D eigenvalue weighted by atomic mass is 16.5. The Morgan fingerprint density at radius 1 is 1.22 bits per heavy atom. The highest BCUT2D eigenvalue weighted by molar-refractivity contribution is 4.89. The second-order valence-corrected chi connectivity index (χ2v) is 4.90. The van der Waals surface area contributed by atoms with E-state index in [1.807, 2.05) is 0 Å². The van der Waals surface area contributed by atoms with Gasteiger partial charge in [-0.2, -0.15) is 4.98 Å². The van der Waals surface area contributed by atoms with E-state index in [1.54, 1.807) is 0 Å². The van der Waals surface area contributed by atoms with E-state index in [0.29, 0.717) is 6.10 Å². The topological polar surface area (TPSA) is 74.2 Å². The Balaban J connectivity index is 1.65. The average molecular weight is 253 g/mol. The van der Waals surface area contributed by atoms with Gasteiger partial charge >= 0.3 is 0 Å². The van der Waals surface area contributed by atoms with Crippen molar-refractivity contribution in [2.24, 2.45) is 5.73 Å². The molecule has 1 aromatic heterocycles. The fourth-order valence-electron chi connectivity index (χ4n) is 2.26. The predicted molar refractivity (Wildman–Crippen MR) is 68.2 cm³/mol. The van der Waals surface area contributed by atoms with Gasteiger partial charge in [0.25, 0.3) is 0 Å². The molecule has 1 aliphatic rings. The van der Waals surface area contributed by atoms with Gasteiger partial charge in [-0.3, -0.25) is 0 Å². The molecule has 5 heteroatoms. The zero-order valence-corrected chi connectivity index (χ0v) is 10.9. The van der Waals surface area contributed by atoms with E-state index in [0.717, 1.165) is 63.4 Å². The number of nitrogens with two attached hydrogens (primary N) is 1. The van der Waals surface area contributed by atoms with Gasteiger partial charge in [0.05, 0.1) is 6.10 Å². The van der Waals surface area contributed by atoms with Crippen LogP contribution >= 0.6 is 0 Å². The van der Waals surface area contributed by atoms with E-state index in [1.165, 1.54) is 12.8 Å². The number of hydrogen-bond acceptors (Lipinski definition) is 5. The Labute approximate surface area is 108 Å². The summed E-state index contributed by atoms with van der Waals surface area (Å²) >= 11 is 0. The first-order chi connectivity index (χ1) is 8.88. The van der Waals surface area contributed by atoms with Crippen LogP contribution in [-0.2, 0) is 17.6 Å². The molecular formula is C13H23N3O2. The Morgan fingerprint density at radius 3 is 2.89 bits per heavy atom. The van der Waals surface area contributed by atoms with Crippen LogP contribution in [0.3, 0.4) is 0 Å². The lowest BCUT2D eigenvalue weighted by Crippen LogP contribution is -2.09. The van der Waals surface area contributed by atoms with E-state index in [9.17, 15) is 0 Å². The minimum atomic E-state index is 0.292. The quantitative estimate of drug-likeness (QED) is 0.716. The molecule has 1 saturated heterocycles. The lowest BCUT2D eigenvalue weighted by molar-refractivity contribution is 0.109. The number of ether oxygens (including phenoxy) is 1. The minimum Gasteiger partial charge on any atom is -0.378 e. The third kappa shape index (κ3) is 4.38. The molecule has 1 atom stereocenters. The summed E-state index contributed by atoms with van der Waals surface area (Å²) in [6.45, 7) is 1.66. The van der Waals surface area contributed by atoms with Crippen molar-refractivity contribution >= 4 is 0 Å². The molecule has 0 spiro atoms. The molecule has 1 aliphatic heterocycles. The molecule has 0 saturated carbocycles.